The van der Waals surface area contributed by atoms with E-state index in [-0.39, 0.29) is 5.69 Å². The maximum atomic E-state index is 10.6. The Morgan fingerprint density at radius 3 is 2.71 bits per heavy atom. The van der Waals surface area contributed by atoms with Crippen molar-refractivity contribution in [3.8, 4) is 5.82 Å². The van der Waals surface area contributed by atoms with Crippen LogP contribution in [0, 0.1) is 0 Å². The van der Waals surface area contributed by atoms with Crippen LogP contribution in [0.4, 0.5) is 0 Å². The van der Waals surface area contributed by atoms with Gasteiger partial charge >= 0.3 is 5.97 Å². The fourth-order valence-electron chi connectivity index (χ4n) is 1.62. The van der Waals surface area contributed by atoms with Gasteiger partial charge in [-0.25, -0.2) is 9.48 Å². The second kappa shape index (κ2) is 3.65. The first kappa shape index (κ1) is 9.95. The molecule has 2 aromatic heterocycles. The topological polar surface area (TPSA) is 80.9 Å². The SMILES string of the molecule is O=C(O)c1ccc(-n2ccc(C3CC3)n2)nn1. The summed E-state index contributed by atoms with van der Waals surface area (Å²) < 4.78 is 1.62. The Bertz CT molecular complexity index is 557. The van der Waals surface area contributed by atoms with Gasteiger partial charge in [0.15, 0.2) is 11.5 Å². The van der Waals surface area contributed by atoms with E-state index < -0.39 is 5.97 Å². The van der Waals surface area contributed by atoms with Crippen LogP contribution in [-0.4, -0.2) is 31.1 Å². The molecule has 0 unspecified atom stereocenters. The molecule has 2 heterocycles. The predicted molar refractivity (Wildman–Crippen MR) is 58.1 cm³/mol. The molecular formula is C11H10N4O2. The monoisotopic (exact) mass is 230 g/mol. The summed E-state index contributed by atoms with van der Waals surface area (Å²) in [6.07, 6.45) is 4.21. The fraction of sp³-hybridized carbons (Fsp3) is 0.273. The van der Waals surface area contributed by atoms with Crippen LogP contribution < -0.4 is 0 Å². The third kappa shape index (κ3) is 1.89. The molecule has 1 aliphatic carbocycles. The lowest BCUT2D eigenvalue weighted by Crippen LogP contribution is -2.06. The summed E-state index contributed by atoms with van der Waals surface area (Å²) in [6, 6.07) is 4.98. The molecule has 17 heavy (non-hydrogen) atoms. The van der Waals surface area contributed by atoms with E-state index in [1.54, 1.807) is 10.7 Å². The molecule has 0 saturated heterocycles. The summed E-state index contributed by atoms with van der Waals surface area (Å²) >= 11 is 0. The van der Waals surface area contributed by atoms with Crippen molar-refractivity contribution in [2.45, 2.75) is 18.8 Å². The molecule has 1 fully saturated rings. The highest BCUT2D eigenvalue weighted by Gasteiger charge is 2.26. The van der Waals surface area contributed by atoms with Crippen molar-refractivity contribution in [3.63, 3.8) is 0 Å². The second-order valence-corrected chi connectivity index (χ2v) is 4.04. The maximum absolute atomic E-state index is 10.6. The molecule has 3 rings (SSSR count). The molecule has 0 amide bonds. The lowest BCUT2D eigenvalue weighted by molar-refractivity contribution is 0.0689. The summed E-state index contributed by atoms with van der Waals surface area (Å²) in [7, 11) is 0. The van der Waals surface area contributed by atoms with Crippen molar-refractivity contribution in [1.82, 2.24) is 20.0 Å². The standard InChI is InChI=1S/C11H10N4O2/c16-11(17)9-3-4-10(13-12-9)15-6-5-8(14-15)7-1-2-7/h3-7H,1-2H2,(H,16,17). The van der Waals surface area contributed by atoms with E-state index in [2.05, 4.69) is 15.3 Å². The van der Waals surface area contributed by atoms with Gasteiger partial charge in [0.1, 0.15) is 0 Å². The Morgan fingerprint density at radius 1 is 1.29 bits per heavy atom. The van der Waals surface area contributed by atoms with Crippen LogP contribution in [0.3, 0.4) is 0 Å². The lowest BCUT2D eigenvalue weighted by Gasteiger charge is -1.99. The van der Waals surface area contributed by atoms with Gasteiger partial charge in [0.05, 0.1) is 5.69 Å². The van der Waals surface area contributed by atoms with Crippen molar-refractivity contribution in [3.05, 3.63) is 35.8 Å². The zero-order valence-electron chi connectivity index (χ0n) is 8.95. The van der Waals surface area contributed by atoms with Crippen molar-refractivity contribution < 1.29 is 9.90 Å². The second-order valence-electron chi connectivity index (χ2n) is 4.04. The molecule has 0 aliphatic heterocycles. The zero-order valence-corrected chi connectivity index (χ0v) is 8.95. The highest BCUT2D eigenvalue weighted by Crippen LogP contribution is 2.38. The zero-order chi connectivity index (χ0) is 11.8. The van der Waals surface area contributed by atoms with Gasteiger partial charge in [0.25, 0.3) is 0 Å². The van der Waals surface area contributed by atoms with Gasteiger partial charge in [-0.1, -0.05) is 0 Å². The van der Waals surface area contributed by atoms with Crippen molar-refractivity contribution in [2.75, 3.05) is 0 Å². The van der Waals surface area contributed by atoms with Crippen LogP contribution in [-0.2, 0) is 0 Å². The van der Waals surface area contributed by atoms with Crippen molar-refractivity contribution in [1.29, 1.82) is 0 Å². The Labute approximate surface area is 96.9 Å². The van der Waals surface area contributed by atoms with E-state index in [1.165, 1.54) is 18.9 Å². The first-order valence-electron chi connectivity index (χ1n) is 5.37. The predicted octanol–water partition coefficient (Wildman–Crippen LogP) is 1.24. The third-order valence-corrected chi connectivity index (χ3v) is 2.71. The molecule has 0 spiro atoms. The molecule has 1 saturated carbocycles. The first-order chi connectivity index (χ1) is 8.24. The number of aromatic carboxylic acids is 1. The average Bonchev–Trinajstić information content (AvgIpc) is 3.07. The number of carbonyl (C=O) groups is 1. The molecule has 1 aliphatic rings. The number of hydrogen-bond donors (Lipinski definition) is 1. The van der Waals surface area contributed by atoms with Crippen molar-refractivity contribution >= 4 is 5.97 Å². The van der Waals surface area contributed by atoms with Crippen LogP contribution in [0.15, 0.2) is 24.4 Å². The summed E-state index contributed by atoms with van der Waals surface area (Å²) in [5, 5.41) is 20.5. The summed E-state index contributed by atoms with van der Waals surface area (Å²) in [5.41, 5.74) is 0.998. The minimum absolute atomic E-state index is 0.0664. The van der Waals surface area contributed by atoms with Crippen LogP contribution in [0.25, 0.3) is 5.82 Å². The normalized spacial score (nSPS) is 14.8. The number of carboxylic acid groups (broad SMARTS) is 1. The molecule has 6 heteroatoms. The van der Waals surface area contributed by atoms with Gasteiger partial charge in [-0.05, 0) is 31.0 Å². The van der Waals surface area contributed by atoms with Crippen LogP contribution in [0.1, 0.15) is 34.9 Å². The maximum Gasteiger partial charge on any atom is 0.356 e. The smallest absolute Gasteiger partial charge is 0.356 e. The minimum Gasteiger partial charge on any atom is -0.476 e. The molecule has 0 aromatic carbocycles. The van der Waals surface area contributed by atoms with Gasteiger partial charge in [-0.15, -0.1) is 10.2 Å². The number of aromatic nitrogens is 4. The Hall–Kier alpha value is -2.24. The van der Waals surface area contributed by atoms with E-state index >= 15 is 0 Å². The van der Waals surface area contributed by atoms with E-state index in [0.29, 0.717) is 11.7 Å². The van der Waals surface area contributed by atoms with E-state index in [4.69, 9.17) is 5.11 Å². The Morgan fingerprint density at radius 2 is 2.12 bits per heavy atom. The number of nitrogens with zero attached hydrogens (tertiary/aromatic N) is 4. The summed E-state index contributed by atoms with van der Waals surface area (Å²) in [6.45, 7) is 0. The number of rotatable bonds is 3. The highest BCUT2D eigenvalue weighted by atomic mass is 16.4. The first-order valence-corrected chi connectivity index (χ1v) is 5.37. The van der Waals surface area contributed by atoms with E-state index in [0.717, 1.165) is 5.69 Å². The Kier molecular flexibility index (Phi) is 2.14. The molecule has 1 N–H and O–H groups in total. The average molecular weight is 230 g/mol. The van der Waals surface area contributed by atoms with Crippen LogP contribution >= 0.6 is 0 Å². The quantitative estimate of drug-likeness (QED) is 0.857. The fourth-order valence-corrected chi connectivity index (χ4v) is 1.62. The third-order valence-electron chi connectivity index (χ3n) is 2.71. The van der Waals surface area contributed by atoms with Gasteiger partial charge < -0.3 is 5.11 Å². The van der Waals surface area contributed by atoms with Gasteiger partial charge in [0.2, 0.25) is 0 Å². The Balaban J connectivity index is 1.89. The van der Waals surface area contributed by atoms with Crippen LogP contribution in [0.5, 0.6) is 0 Å². The molecule has 86 valence electrons. The van der Waals surface area contributed by atoms with E-state index in [1.807, 2.05) is 12.3 Å². The van der Waals surface area contributed by atoms with E-state index in [9.17, 15) is 4.79 Å². The molecule has 0 bridgehead atoms. The van der Waals surface area contributed by atoms with Gasteiger partial charge in [-0.2, -0.15) is 5.10 Å². The minimum atomic E-state index is -1.08. The lowest BCUT2D eigenvalue weighted by atomic mass is 10.3. The molecule has 2 aromatic rings. The van der Waals surface area contributed by atoms with Gasteiger partial charge in [-0.3, -0.25) is 0 Å². The molecule has 0 atom stereocenters. The van der Waals surface area contributed by atoms with Crippen LogP contribution in [0.2, 0.25) is 0 Å². The number of hydrogen-bond acceptors (Lipinski definition) is 4. The van der Waals surface area contributed by atoms with Gasteiger partial charge in [0, 0.05) is 12.1 Å². The summed E-state index contributed by atoms with van der Waals surface area (Å²) in [5.74, 6) is 0.0348. The molecule has 6 nitrogen and oxygen atoms in total. The highest BCUT2D eigenvalue weighted by molar-refractivity contribution is 5.85. The largest absolute Gasteiger partial charge is 0.476 e. The molecular weight excluding hydrogens is 220 g/mol. The summed E-state index contributed by atoms with van der Waals surface area (Å²) in [4.78, 5) is 10.6. The van der Waals surface area contributed by atoms with Crippen molar-refractivity contribution in [2.24, 2.45) is 0 Å². The number of carboxylic acids is 1. The molecule has 0 radical (unpaired) electrons.